The van der Waals surface area contributed by atoms with E-state index in [4.69, 9.17) is 4.84 Å². The Hall–Kier alpha value is -0.770. The molecule has 4 heteroatoms. The largest absolute Gasteiger partial charge is 0.428 e. The molecular weight excluding hydrogens is 300 g/mol. The Morgan fingerprint density at radius 3 is 1.75 bits per heavy atom. The predicted molar refractivity (Wildman–Crippen MR) is 101 cm³/mol. The molecule has 1 aliphatic rings. The van der Waals surface area contributed by atoms with Gasteiger partial charge in [0.05, 0.1) is 0 Å². The van der Waals surface area contributed by atoms with Crippen molar-refractivity contribution in [3.63, 3.8) is 0 Å². The van der Waals surface area contributed by atoms with Crippen molar-refractivity contribution in [3.8, 4) is 0 Å². The number of unbranched alkanes of at least 4 members (excludes halogenated alkanes) is 12. The average Bonchev–Trinajstić information content (AvgIpc) is 3.13. The van der Waals surface area contributed by atoms with Crippen LogP contribution in [-0.2, 0) is 4.84 Å². The van der Waals surface area contributed by atoms with Gasteiger partial charge < -0.3 is 9.74 Å². The lowest BCUT2D eigenvalue weighted by Gasteiger charge is -2.14. The van der Waals surface area contributed by atoms with Gasteiger partial charge in [-0.2, -0.15) is 5.48 Å². The second-order valence-electron chi connectivity index (χ2n) is 7.20. The van der Waals surface area contributed by atoms with Crippen molar-refractivity contribution in [2.24, 2.45) is 0 Å². The molecule has 1 heterocycles. The van der Waals surface area contributed by atoms with E-state index < -0.39 is 0 Å². The first-order valence-electron chi connectivity index (χ1n) is 10.5. The number of amides is 1. The van der Waals surface area contributed by atoms with E-state index in [0.717, 1.165) is 38.9 Å². The number of nitrogens with zero attached hydrogens (tertiary/aromatic N) is 1. The van der Waals surface area contributed by atoms with Crippen LogP contribution in [0.1, 0.15) is 103 Å². The topological polar surface area (TPSA) is 41.6 Å². The van der Waals surface area contributed by atoms with E-state index in [-0.39, 0.29) is 6.09 Å². The van der Waals surface area contributed by atoms with E-state index in [1.54, 1.807) is 4.90 Å². The van der Waals surface area contributed by atoms with Gasteiger partial charge in [-0.05, 0) is 19.3 Å². The predicted octanol–water partition coefficient (Wildman–Crippen LogP) is 5.81. The molecule has 24 heavy (non-hydrogen) atoms. The maximum absolute atomic E-state index is 11.6. The molecule has 0 saturated carbocycles. The number of nitrogens with one attached hydrogen (secondary N) is 1. The Morgan fingerprint density at radius 2 is 1.25 bits per heavy atom. The average molecular weight is 341 g/mol. The summed E-state index contributed by atoms with van der Waals surface area (Å²) in [5, 5.41) is 0. The third kappa shape index (κ3) is 11.7. The van der Waals surface area contributed by atoms with Crippen molar-refractivity contribution in [1.29, 1.82) is 0 Å². The summed E-state index contributed by atoms with van der Waals surface area (Å²) in [4.78, 5) is 18.5. The summed E-state index contributed by atoms with van der Waals surface area (Å²) in [7, 11) is 0. The number of hydrogen-bond donors (Lipinski definition) is 1. The molecule has 0 bridgehead atoms. The molecule has 142 valence electrons. The molecule has 1 rings (SSSR count). The Balaban J connectivity index is 1.71. The van der Waals surface area contributed by atoms with Gasteiger partial charge in [0.2, 0.25) is 0 Å². The highest BCUT2D eigenvalue weighted by atomic mass is 16.7. The molecular formula is C20H40N2O2. The van der Waals surface area contributed by atoms with E-state index in [1.807, 2.05) is 0 Å². The second kappa shape index (κ2) is 15.7. The lowest BCUT2D eigenvalue weighted by atomic mass is 10.0. The van der Waals surface area contributed by atoms with Crippen LogP contribution >= 0.6 is 0 Å². The second-order valence-corrected chi connectivity index (χ2v) is 7.20. The Labute approximate surface area is 149 Å². The van der Waals surface area contributed by atoms with Crippen LogP contribution in [0.5, 0.6) is 0 Å². The van der Waals surface area contributed by atoms with Crippen molar-refractivity contribution in [1.82, 2.24) is 10.4 Å². The minimum absolute atomic E-state index is 0.206. The van der Waals surface area contributed by atoms with Gasteiger partial charge in [0.15, 0.2) is 0 Å². The van der Waals surface area contributed by atoms with Crippen LogP contribution in [0.15, 0.2) is 0 Å². The van der Waals surface area contributed by atoms with Crippen molar-refractivity contribution in [2.45, 2.75) is 103 Å². The third-order valence-corrected chi connectivity index (χ3v) is 4.91. The zero-order chi connectivity index (χ0) is 17.3. The van der Waals surface area contributed by atoms with Crippen LogP contribution in [0.3, 0.4) is 0 Å². The summed E-state index contributed by atoms with van der Waals surface area (Å²) in [6, 6.07) is 0. The minimum Gasteiger partial charge on any atom is -0.354 e. The van der Waals surface area contributed by atoms with Crippen LogP contribution in [-0.4, -0.2) is 30.6 Å². The maximum Gasteiger partial charge on any atom is 0.428 e. The number of carbonyl (C=O) groups excluding carboxylic acids is 1. The molecule has 0 aliphatic carbocycles. The number of hydrogen-bond acceptors (Lipinski definition) is 3. The molecule has 0 spiro atoms. The molecule has 1 amide bonds. The quantitative estimate of drug-likeness (QED) is 0.302. The number of hydroxylamine groups is 1. The maximum atomic E-state index is 11.6. The number of rotatable bonds is 15. The zero-order valence-electron chi connectivity index (χ0n) is 16.0. The van der Waals surface area contributed by atoms with Gasteiger partial charge >= 0.3 is 6.09 Å². The minimum atomic E-state index is -0.206. The van der Waals surface area contributed by atoms with Gasteiger partial charge in [-0.3, -0.25) is 0 Å². The number of carbonyl (C=O) groups is 1. The summed E-state index contributed by atoms with van der Waals surface area (Å²) in [6.07, 6.45) is 19.6. The highest BCUT2D eigenvalue weighted by molar-refractivity contribution is 5.67. The van der Waals surface area contributed by atoms with Crippen molar-refractivity contribution in [2.75, 3.05) is 19.6 Å². The smallest absolute Gasteiger partial charge is 0.354 e. The van der Waals surface area contributed by atoms with Crippen LogP contribution in [0, 0.1) is 0 Å². The van der Waals surface area contributed by atoms with Gasteiger partial charge in [0.1, 0.15) is 0 Å². The monoisotopic (exact) mass is 340 g/mol. The molecule has 0 aromatic heterocycles. The van der Waals surface area contributed by atoms with Gasteiger partial charge in [-0.25, -0.2) is 4.79 Å². The van der Waals surface area contributed by atoms with E-state index in [0.29, 0.717) is 0 Å². The SMILES string of the molecule is CCCCCCCCCCCCCCCNOC(=O)N1CCCC1. The zero-order valence-corrected chi connectivity index (χ0v) is 16.0. The van der Waals surface area contributed by atoms with Gasteiger partial charge in [0.25, 0.3) is 0 Å². The Bertz CT molecular complexity index is 291. The van der Waals surface area contributed by atoms with Crippen LogP contribution in [0.4, 0.5) is 4.79 Å². The summed E-state index contributed by atoms with van der Waals surface area (Å²) < 4.78 is 0. The first-order chi connectivity index (χ1) is 11.8. The van der Waals surface area contributed by atoms with Crippen molar-refractivity contribution >= 4 is 6.09 Å². The normalized spacial score (nSPS) is 14.3. The molecule has 1 aliphatic heterocycles. The molecule has 0 atom stereocenters. The summed E-state index contributed by atoms with van der Waals surface area (Å²) in [6.45, 7) is 4.74. The van der Waals surface area contributed by atoms with Crippen molar-refractivity contribution in [3.05, 3.63) is 0 Å². The molecule has 0 unspecified atom stereocenters. The first kappa shape index (κ1) is 21.3. The van der Waals surface area contributed by atoms with Gasteiger partial charge in [-0.15, -0.1) is 0 Å². The summed E-state index contributed by atoms with van der Waals surface area (Å²) >= 11 is 0. The standard InChI is InChI=1S/C20H40N2O2/c1-2-3-4-5-6-7-8-9-10-11-12-13-14-17-21-24-20(23)22-18-15-16-19-22/h21H,2-19H2,1H3. The first-order valence-corrected chi connectivity index (χ1v) is 10.5. The van der Waals surface area contributed by atoms with Crippen LogP contribution < -0.4 is 5.48 Å². The van der Waals surface area contributed by atoms with E-state index in [9.17, 15) is 4.79 Å². The fraction of sp³-hybridized carbons (Fsp3) is 0.950. The van der Waals surface area contributed by atoms with Crippen LogP contribution in [0.25, 0.3) is 0 Å². The lowest BCUT2D eigenvalue weighted by Crippen LogP contribution is -2.33. The van der Waals surface area contributed by atoms with Crippen LogP contribution in [0.2, 0.25) is 0 Å². The van der Waals surface area contributed by atoms with E-state index in [2.05, 4.69) is 12.4 Å². The Morgan fingerprint density at radius 1 is 0.792 bits per heavy atom. The summed E-state index contributed by atoms with van der Waals surface area (Å²) in [5.41, 5.74) is 2.81. The molecule has 0 aromatic carbocycles. The molecule has 4 nitrogen and oxygen atoms in total. The third-order valence-electron chi connectivity index (χ3n) is 4.91. The summed E-state index contributed by atoms with van der Waals surface area (Å²) in [5.74, 6) is 0. The molecule has 1 N–H and O–H groups in total. The molecule has 0 radical (unpaired) electrons. The van der Waals surface area contributed by atoms with Gasteiger partial charge in [0, 0.05) is 19.6 Å². The molecule has 1 fully saturated rings. The highest BCUT2D eigenvalue weighted by Crippen LogP contribution is 2.12. The highest BCUT2D eigenvalue weighted by Gasteiger charge is 2.18. The lowest BCUT2D eigenvalue weighted by molar-refractivity contribution is 0.0604. The molecule has 1 saturated heterocycles. The van der Waals surface area contributed by atoms with Gasteiger partial charge in [-0.1, -0.05) is 84.0 Å². The number of likely N-dealkylation sites (tertiary alicyclic amines) is 1. The molecule has 0 aromatic rings. The Kier molecular flexibility index (Phi) is 14.0. The van der Waals surface area contributed by atoms with E-state index in [1.165, 1.54) is 77.0 Å². The fourth-order valence-electron chi connectivity index (χ4n) is 3.29. The fourth-order valence-corrected chi connectivity index (χ4v) is 3.29. The van der Waals surface area contributed by atoms with Crippen molar-refractivity contribution < 1.29 is 9.63 Å². The van der Waals surface area contributed by atoms with E-state index >= 15 is 0 Å².